The third-order valence-corrected chi connectivity index (χ3v) is 6.45. The maximum absolute atomic E-state index is 13.7. The second-order valence-corrected chi connectivity index (χ2v) is 8.75. The SMILES string of the molecule is COc1ccc(Br)cc1C1C2C(=O)N(c3ccc([N+](=O)[O-])cc3)C(=O)C2ON1c1ccccc1. The number of methoxy groups -OCH3 is 1. The smallest absolute Gasteiger partial charge is 0.269 e. The largest absolute Gasteiger partial charge is 0.496 e. The van der Waals surface area contributed by atoms with Crippen LogP contribution in [0.25, 0.3) is 0 Å². The Morgan fingerprint density at radius 1 is 0.971 bits per heavy atom. The number of carbonyl (C=O) groups is 2. The molecule has 3 aromatic carbocycles. The van der Waals surface area contributed by atoms with Gasteiger partial charge in [0.1, 0.15) is 11.7 Å². The minimum Gasteiger partial charge on any atom is -0.496 e. The van der Waals surface area contributed by atoms with E-state index in [1.54, 1.807) is 11.1 Å². The lowest BCUT2D eigenvalue weighted by Crippen LogP contribution is -2.37. The summed E-state index contributed by atoms with van der Waals surface area (Å²) in [6.45, 7) is 0. The van der Waals surface area contributed by atoms with Gasteiger partial charge in [-0.05, 0) is 42.5 Å². The molecule has 9 nitrogen and oxygen atoms in total. The van der Waals surface area contributed by atoms with E-state index >= 15 is 0 Å². The van der Waals surface area contributed by atoms with Crippen LogP contribution in [-0.4, -0.2) is 30.0 Å². The van der Waals surface area contributed by atoms with Gasteiger partial charge >= 0.3 is 0 Å². The van der Waals surface area contributed by atoms with Gasteiger partial charge in [0.25, 0.3) is 11.6 Å². The zero-order valence-corrected chi connectivity index (χ0v) is 19.4. The van der Waals surface area contributed by atoms with E-state index in [0.29, 0.717) is 17.0 Å². The Labute approximate surface area is 202 Å². The molecule has 3 atom stereocenters. The molecule has 34 heavy (non-hydrogen) atoms. The maximum atomic E-state index is 13.7. The third-order valence-electron chi connectivity index (χ3n) is 5.96. The molecule has 10 heteroatoms. The van der Waals surface area contributed by atoms with E-state index in [9.17, 15) is 19.7 Å². The lowest BCUT2D eigenvalue weighted by atomic mass is 9.90. The molecule has 3 unspecified atom stereocenters. The van der Waals surface area contributed by atoms with Crippen molar-refractivity contribution in [2.45, 2.75) is 12.1 Å². The molecule has 2 aliphatic heterocycles. The number of hydrogen-bond donors (Lipinski definition) is 0. The molecule has 172 valence electrons. The number of para-hydroxylation sites is 1. The molecule has 0 saturated carbocycles. The van der Waals surface area contributed by atoms with Gasteiger partial charge < -0.3 is 4.74 Å². The first-order valence-corrected chi connectivity index (χ1v) is 11.2. The van der Waals surface area contributed by atoms with Gasteiger partial charge in [0, 0.05) is 22.2 Å². The number of rotatable bonds is 5. The fraction of sp³-hybridized carbons (Fsp3) is 0.167. The molecule has 0 radical (unpaired) electrons. The number of carbonyl (C=O) groups excluding carboxylic acids is 2. The number of hydroxylamine groups is 1. The zero-order valence-electron chi connectivity index (χ0n) is 17.8. The summed E-state index contributed by atoms with van der Waals surface area (Å²) < 4.78 is 6.36. The maximum Gasteiger partial charge on any atom is 0.269 e. The molecule has 0 bridgehead atoms. The first kappa shape index (κ1) is 22.1. The molecule has 0 spiro atoms. The number of anilines is 2. The highest BCUT2D eigenvalue weighted by Crippen LogP contribution is 2.50. The van der Waals surface area contributed by atoms with E-state index in [0.717, 1.165) is 9.37 Å². The highest BCUT2D eigenvalue weighted by molar-refractivity contribution is 9.10. The number of non-ortho nitro benzene ring substituents is 1. The van der Waals surface area contributed by atoms with Crippen LogP contribution >= 0.6 is 15.9 Å². The number of imide groups is 1. The number of halogens is 1. The number of benzene rings is 3. The molecule has 0 aliphatic carbocycles. The fourth-order valence-electron chi connectivity index (χ4n) is 4.44. The molecule has 2 amide bonds. The van der Waals surface area contributed by atoms with Gasteiger partial charge in [0.05, 0.1) is 29.4 Å². The van der Waals surface area contributed by atoms with Crippen molar-refractivity contribution in [2.75, 3.05) is 17.1 Å². The van der Waals surface area contributed by atoms with Gasteiger partial charge in [-0.25, -0.2) is 9.96 Å². The van der Waals surface area contributed by atoms with Crippen LogP contribution in [0.15, 0.2) is 77.3 Å². The molecule has 3 aromatic rings. The van der Waals surface area contributed by atoms with Crippen molar-refractivity contribution in [1.29, 1.82) is 0 Å². The van der Waals surface area contributed by atoms with Crippen molar-refractivity contribution in [3.8, 4) is 5.75 Å². The number of nitro groups is 1. The summed E-state index contributed by atoms with van der Waals surface area (Å²) in [7, 11) is 1.54. The van der Waals surface area contributed by atoms with Crippen molar-refractivity contribution < 1.29 is 24.1 Å². The molecule has 2 aliphatic rings. The van der Waals surface area contributed by atoms with Gasteiger partial charge in [-0.3, -0.25) is 24.5 Å². The van der Waals surface area contributed by atoms with Gasteiger partial charge in [0.15, 0.2) is 6.10 Å². The van der Waals surface area contributed by atoms with Crippen LogP contribution in [0, 0.1) is 16.0 Å². The summed E-state index contributed by atoms with van der Waals surface area (Å²) in [5, 5.41) is 12.6. The zero-order chi connectivity index (χ0) is 24.0. The Bertz CT molecular complexity index is 1280. The molecule has 0 N–H and O–H groups in total. The van der Waals surface area contributed by atoms with Crippen LogP contribution in [0.1, 0.15) is 11.6 Å². The monoisotopic (exact) mass is 523 g/mol. The van der Waals surface area contributed by atoms with Gasteiger partial charge in [-0.1, -0.05) is 34.1 Å². The molecule has 0 aromatic heterocycles. The van der Waals surface area contributed by atoms with E-state index < -0.39 is 34.8 Å². The average Bonchev–Trinajstić information content (AvgIpc) is 3.35. The Balaban J connectivity index is 1.60. The molecule has 2 heterocycles. The number of nitro benzene ring substituents is 1. The Morgan fingerprint density at radius 3 is 2.32 bits per heavy atom. The van der Waals surface area contributed by atoms with Crippen LogP contribution in [0.4, 0.5) is 17.1 Å². The van der Waals surface area contributed by atoms with Crippen LogP contribution < -0.4 is 14.7 Å². The average molecular weight is 524 g/mol. The van der Waals surface area contributed by atoms with E-state index in [2.05, 4.69) is 15.9 Å². The lowest BCUT2D eigenvalue weighted by Gasteiger charge is -2.29. The fourth-order valence-corrected chi connectivity index (χ4v) is 4.82. The Hall–Kier alpha value is -3.76. The summed E-state index contributed by atoms with van der Waals surface area (Å²) in [5.74, 6) is -1.28. The van der Waals surface area contributed by atoms with Crippen molar-refractivity contribution >= 4 is 44.8 Å². The number of ether oxygens (including phenoxy) is 1. The second-order valence-electron chi connectivity index (χ2n) is 7.83. The van der Waals surface area contributed by atoms with E-state index in [1.165, 1.54) is 31.4 Å². The second kappa shape index (κ2) is 8.54. The third kappa shape index (κ3) is 3.51. The highest BCUT2D eigenvalue weighted by atomic mass is 79.9. The quantitative estimate of drug-likeness (QED) is 0.277. The highest BCUT2D eigenvalue weighted by Gasteiger charge is 2.60. The van der Waals surface area contributed by atoms with Crippen LogP contribution in [-0.2, 0) is 14.4 Å². The Kier molecular flexibility index (Phi) is 5.54. The number of fused-ring (bicyclic) bond motifs is 1. The summed E-state index contributed by atoms with van der Waals surface area (Å²) in [5.41, 5.74) is 1.49. The summed E-state index contributed by atoms with van der Waals surface area (Å²) in [4.78, 5) is 44.7. The first-order valence-electron chi connectivity index (χ1n) is 10.4. The molecule has 2 saturated heterocycles. The van der Waals surface area contributed by atoms with Gasteiger partial charge in [-0.15, -0.1) is 0 Å². The van der Waals surface area contributed by atoms with Crippen molar-refractivity contribution in [3.63, 3.8) is 0 Å². The van der Waals surface area contributed by atoms with Crippen molar-refractivity contribution in [3.05, 3.63) is 92.9 Å². The predicted octanol–water partition coefficient (Wildman–Crippen LogP) is 4.42. The minimum atomic E-state index is -1.06. The standard InChI is InChI=1S/C24H18BrN3O6/c1-33-19-12-7-14(25)13-18(19)21-20-22(34-27(21)16-5-3-2-4-6-16)24(30)26(23(20)29)15-8-10-17(11-9-15)28(31)32/h2-13,20-22H,1H3. The topological polar surface area (TPSA) is 102 Å². The number of amides is 2. The lowest BCUT2D eigenvalue weighted by molar-refractivity contribution is -0.384. The van der Waals surface area contributed by atoms with Crippen molar-refractivity contribution in [2.24, 2.45) is 5.92 Å². The summed E-state index contributed by atoms with van der Waals surface area (Å²) in [6.07, 6.45) is -1.06. The van der Waals surface area contributed by atoms with Crippen LogP contribution in [0.5, 0.6) is 5.75 Å². The van der Waals surface area contributed by atoms with Crippen LogP contribution in [0.3, 0.4) is 0 Å². The van der Waals surface area contributed by atoms with Gasteiger partial charge in [0.2, 0.25) is 5.91 Å². The molecule has 2 fully saturated rings. The summed E-state index contributed by atoms with van der Waals surface area (Å²) in [6, 6.07) is 19.3. The number of nitrogens with zero attached hydrogens (tertiary/aromatic N) is 3. The van der Waals surface area contributed by atoms with E-state index in [-0.39, 0.29) is 11.4 Å². The minimum absolute atomic E-state index is 0.133. The number of hydrogen-bond acceptors (Lipinski definition) is 7. The molecular weight excluding hydrogens is 506 g/mol. The van der Waals surface area contributed by atoms with E-state index in [4.69, 9.17) is 9.57 Å². The van der Waals surface area contributed by atoms with Gasteiger partial charge in [-0.2, -0.15) is 0 Å². The Morgan fingerprint density at radius 2 is 1.68 bits per heavy atom. The molecule has 5 rings (SSSR count). The predicted molar refractivity (Wildman–Crippen MR) is 126 cm³/mol. The summed E-state index contributed by atoms with van der Waals surface area (Å²) >= 11 is 3.48. The van der Waals surface area contributed by atoms with Crippen molar-refractivity contribution in [1.82, 2.24) is 0 Å². The normalized spacial score (nSPS) is 21.6. The van der Waals surface area contributed by atoms with Crippen LogP contribution in [0.2, 0.25) is 0 Å². The van der Waals surface area contributed by atoms with E-state index in [1.807, 2.05) is 42.5 Å². The molecular formula is C24H18BrN3O6. The first-order chi connectivity index (χ1) is 16.4.